The lowest BCUT2D eigenvalue weighted by molar-refractivity contribution is 0.416. The predicted molar refractivity (Wildman–Crippen MR) is 79.4 cm³/mol. The van der Waals surface area contributed by atoms with Crippen LogP contribution in [0.3, 0.4) is 0 Å². The molecule has 0 amide bonds. The number of rotatable bonds is 3. The summed E-state index contributed by atoms with van der Waals surface area (Å²) < 4.78 is 5.33. The van der Waals surface area contributed by atoms with Crippen LogP contribution in [0.25, 0.3) is 0 Å². The van der Waals surface area contributed by atoms with Crippen LogP contribution in [-0.4, -0.2) is 12.1 Å². The molecule has 102 valence electrons. The molecule has 0 aliphatic heterocycles. The third-order valence-corrected chi connectivity index (χ3v) is 3.06. The molecule has 1 aromatic heterocycles. The number of aryl methyl sites for hydroxylation is 3. The first-order valence-electron chi connectivity index (χ1n) is 6.35. The third-order valence-electron chi connectivity index (χ3n) is 3.06. The maximum atomic E-state index is 9.29. The van der Waals surface area contributed by atoms with Crippen LogP contribution in [0.5, 0.6) is 5.75 Å². The Kier molecular flexibility index (Phi) is 3.90. The number of ether oxygens (including phenoxy) is 1. The zero-order valence-corrected chi connectivity index (χ0v) is 12.1. The molecule has 2 aromatic rings. The molecule has 0 unspecified atom stereocenters. The van der Waals surface area contributed by atoms with Crippen molar-refractivity contribution < 1.29 is 4.74 Å². The van der Waals surface area contributed by atoms with Gasteiger partial charge in [0.2, 0.25) is 0 Å². The second kappa shape index (κ2) is 5.62. The summed E-state index contributed by atoms with van der Waals surface area (Å²) in [4.78, 5) is 4.42. The Hall–Kier alpha value is -2.54. The number of hydrogen-bond acceptors (Lipinski definition) is 4. The van der Waals surface area contributed by atoms with Gasteiger partial charge in [-0.05, 0) is 50.1 Å². The van der Waals surface area contributed by atoms with E-state index in [4.69, 9.17) is 4.74 Å². The minimum absolute atomic E-state index is 0.555. The van der Waals surface area contributed by atoms with Crippen molar-refractivity contribution in [3.63, 3.8) is 0 Å². The smallest absolute Gasteiger partial charge is 0.148 e. The third kappa shape index (κ3) is 2.72. The second-order valence-corrected chi connectivity index (χ2v) is 4.74. The molecular formula is C16H17N3O. The number of nitrogens with zero attached hydrogens (tertiary/aromatic N) is 2. The van der Waals surface area contributed by atoms with Crippen molar-refractivity contribution in [3.05, 3.63) is 46.6 Å². The van der Waals surface area contributed by atoms with Gasteiger partial charge < -0.3 is 10.1 Å². The number of pyridine rings is 1. The van der Waals surface area contributed by atoms with E-state index in [9.17, 15) is 5.26 Å². The molecule has 0 aliphatic carbocycles. The van der Waals surface area contributed by atoms with Crippen molar-refractivity contribution in [2.45, 2.75) is 20.8 Å². The number of nitriles is 1. The Labute approximate surface area is 119 Å². The minimum Gasteiger partial charge on any atom is -0.495 e. The largest absolute Gasteiger partial charge is 0.495 e. The first-order chi connectivity index (χ1) is 9.55. The molecule has 1 aromatic carbocycles. The normalized spacial score (nSPS) is 9.95. The van der Waals surface area contributed by atoms with Gasteiger partial charge in [0.05, 0.1) is 18.4 Å². The van der Waals surface area contributed by atoms with E-state index in [0.717, 1.165) is 28.3 Å². The average molecular weight is 267 g/mol. The number of methoxy groups -OCH3 is 1. The van der Waals surface area contributed by atoms with Crippen LogP contribution in [0.2, 0.25) is 0 Å². The highest BCUT2D eigenvalue weighted by Crippen LogP contribution is 2.30. The Morgan fingerprint density at radius 3 is 2.60 bits per heavy atom. The van der Waals surface area contributed by atoms with Crippen LogP contribution < -0.4 is 10.1 Å². The number of benzene rings is 1. The molecule has 0 saturated carbocycles. The minimum atomic E-state index is 0.555. The summed E-state index contributed by atoms with van der Waals surface area (Å²) in [6.07, 6.45) is 0. The van der Waals surface area contributed by atoms with Gasteiger partial charge in [-0.3, -0.25) is 0 Å². The van der Waals surface area contributed by atoms with Gasteiger partial charge in [-0.2, -0.15) is 5.26 Å². The summed E-state index contributed by atoms with van der Waals surface area (Å²) in [7, 11) is 1.62. The Balaban J connectivity index is 2.50. The average Bonchev–Trinajstić information content (AvgIpc) is 2.38. The fraction of sp³-hybridized carbons (Fsp3) is 0.250. The molecule has 0 saturated heterocycles. The van der Waals surface area contributed by atoms with Crippen molar-refractivity contribution >= 4 is 11.5 Å². The lowest BCUT2D eigenvalue weighted by Crippen LogP contribution is -2.02. The monoisotopic (exact) mass is 267 g/mol. The summed E-state index contributed by atoms with van der Waals surface area (Å²) in [5, 5.41) is 12.5. The van der Waals surface area contributed by atoms with Crippen LogP contribution in [0.15, 0.2) is 24.3 Å². The molecule has 4 heteroatoms. The zero-order valence-electron chi connectivity index (χ0n) is 12.1. The van der Waals surface area contributed by atoms with E-state index in [0.29, 0.717) is 11.4 Å². The SMILES string of the molecule is COc1ccc(C)cc1Nc1nc(C)cc(C)c1C#N. The molecule has 0 bridgehead atoms. The zero-order chi connectivity index (χ0) is 14.7. The van der Waals surface area contributed by atoms with E-state index in [1.165, 1.54) is 0 Å². The topological polar surface area (TPSA) is 57.9 Å². The van der Waals surface area contributed by atoms with E-state index in [1.54, 1.807) is 7.11 Å². The predicted octanol–water partition coefficient (Wildman–Crippen LogP) is 3.63. The summed E-state index contributed by atoms with van der Waals surface area (Å²) in [6, 6.07) is 9.94. The van der Waals surface area contributed by atoms with E-state index < -0.39 is 0 Å². The van der Waals surface area contributed by atoms with Crippen LogP contribution >= 0.6 is 0 Å². The molecule has 0 spiro atoms. The van der Waals surface area contributed by atoms with E-state index in [-0.39, 0.29) is 0 Å². The quantitative estimate of drug-likeness (QED) is 0.922. The highest BCUT2D eigenvalue weighted by atomic mass is 16.5. The van der Waals surface area contributed by atoms with Gasteiger partial charge in [0.15, 0.2) is 0 Å². The summed E-state index contributed by atoms with van der Waals surface area (Å²) >= 11 is 0. The lowest BCUT2D eigenvalue weighted by atomic mass is 10.1. The fourth-order valence-electron chi connectivity index (χ4n) is 2.12. The molecule has 2 rings (SSSR count). The van der Waals surface area contributed by atoms with Gasteiger partial charge in [0.1, 0.15) is 17.6 Å². The number of nitrogens with one attached hydrogen (secondary N) is 1. The highest BCUT2D eigenvalue weighted by molar-refractivity contribution is 5.69. The molecule has 0 fully saturated rings. The van der Waals surface area contributed by atoms with Crippen LogP contribution in [0, 0.1) is 32.1 Å². The van der Waals surface area contributed by atoms with Gasteiger partial charge in [-0.15, -0.1) is 0 Å². The first kappa shape index (κ1) is 13.9. The van der Waals surface area contributed by atoms with Crippen molar-refractivity contribution in [1.29, 1.82) is 5.26 Å². The number of aromatic nitrogens is 1. The van der Waals surface area contributed by atoms with Crippen LogP contribution in [0.4, 0.5) is 11.5 Å². The second-order valence-electron chi connectivity index (χ2n) is 4.74. The molecule has 0 radical (unpaired) electrons. The lowest BCUT2D eigenvalue weighted by Gasteiger charge is -2.14. The van der Waals surface area contributed by atoms with Crippen molar-refractivity contribution in [2.24, 2.45) is 0 Å². The molecule has 0 atom stereocenters. The van der Waals surface area contributed by atoms with Gasteiger partial charge in [-0.1, -0.05) is 6.07 Å². The van der Waals surface area contributed by atoms with Gasteiger partial charge in [0.25, 0.3) is 0 Å². The number of hydrogen-bond donors (Lipinski definition) is 1. The van der Waals surface area contributed by atoms with Gasteiger partial charge >= 0.3 is 0 Å². The van der Waals surface area contributed by atoms with Crippen molar-refractivity contribution in [1.82, 2.24) is 4.98 Å². The first-order valence-corrected chi connectivity index (χ1v) is 6.35. The fourth-order valence-corrected chi connectivity index (χ4v) is 2.12. The van der Waals surface area contributed by atoms with Gasteiger partial charge in [-0.25, -0.2) is 4.98 Å². The summed E-state index contributed by atoms with van der Waals surface area (Å²) in [5.74, 6) is 1.29. The Morgan fingerprint density at radius 2 is 1.95 bits per heavy atom. The molecule has 1 N–H and O–H groups in total. The van der Waals surface area contributed by atoms with Crippen molar-refractivity contribution in [3.8, 4) is 11.8 Å². The maximum absolute atomic E-state index is 9.29. The molecule has 20 heavy (non-hydrogen) atoms. The standard InChI is InChI=1S/C16H17N3O/c1-10-5-6-15(20-4)14(7-10)19-16-13(9-17)11(2)8-12(3)18-16/h5-8H,1-4H3,(H,18,19). The van der Waals surface area contributed by atoms with Crippen LogP contribution in [0.1, 0.15) is 22.4 Å². The molecule has 1 heterocycles. The molecule has 4 nitrogen and oxygen atoms in total. The number of anilines is 2. The Bertz CT molecular complexity index is 687. The van der Waals surface area contributed by atoms with Gasteiger partial charge in [0, 0.05) is 5.69 Å². The summed E-state index contributed by atoms with van der Waals surface area (Å²) in [5.41, 5.74) is 4.25. The molecular weight excluding hydrogens is 250 g/mol. The van der Waals surface area contributed by atoms with E-state index >= 15 is 0 Å². The maximum Gasteiger partial charge on any atom is 0.148 e. The van der Waals surface area contributed by atoms with E-state index in [2.05, 4.69) is 16.4 Å². The highest BCUT2D eigenvalue weighted by Gasteiger charge is 2.11. The van der Waals surface area contributed by atoms with Crippen LogP contribution in [-0.2, 0) is 0 Å². The van der Waals surface area contributed by atoms with E-state index in [1.807, 2.05) is 45.0 Å². The molecule has 0 aliphatic rings. The Morgan fingerprint density at radius 1 is 1.20 bits per heavy atom. The summed E-state index contributed by atoms with van der Waals surface area (Å²) in [6.45, 7) is 5.82. The van der Waals surface area contributed by atoms with Crippen molar-refractivity contribution in [2.75, 3.05) is 12.4 Å².